The van der Waals surface area contributed by atoms with Crippen LogP contribution in [0.15, 0.2) is 12.7 Å². The second-order valence-corrected chi connectivity index (χ2v) is 6.83. The quantitative estimate of drug-likeness (QED) is 0.462. The van der Waals surface area contributed by atoms with Gasteiger partial charge in [0.15, 0.2) is 0 Å². The largest absolute Gasteiger partial charge is 0.289 e. The summed E-state index contributed by atoms with van der Waals surface area (Å²) in [5, 5.41) is 0. The third-order valence-corrected chi connectivity index (χ3v) is 3.82. The van der Waals surface area contributed by atoms with E-state index in [-0.39, 0.29) is 5.66 Å². The molecule has 48 valence electrons. The fraction of sp³-hybridized carbons (Fsp3) is 0.500. The van der Waals surface area contributed by atoms with E-state index in [1.54, 1.807) is 6.92 Å². The van der Waals surface area contributed by atoms with Crippen molar-refractivity contribution in [3.63, 3.8) is 0 Å². The van der Waals surface area contributed by atoms with Crippen LogP contribution in [0.25, 0.3) is 0 Å². The normalized spacial score (nSPS) is 15.4. The zero-order valence-electron chi connectivity index (χ0n) is 4.47. The first-order valence-corrected chi connectivity index (χ1v) is 5.68. The molecule has 0 aliphatic rings. The minimum atomic E-state index is -2.93. The highest BCUT2D eigenvalue weighted by Gasteiger charge is 2.19. The first-order valence-electron chi connectivity index (χ1n) is 2.10. The summed E-state index contributed by atoms with van der Waals surface area (Å²) in [4.78, 5) is 0. The molecule has 1 nitrogen and oxygen atoms in total. The summed E-state index contributed by atoms with van der Waals surface area (Å²) in [6.07, 6.45) is 1.47. The van der Waals surface area contributed by atoms with Crippen LogP contribution in [0.2, 0.25) is 0 Å². The molecule has 0 aromatic rings. The van der Waals surface area contributed by atoms with E-state index in [2.05, 4.69) is 6.58 Å². The van der Waals surface area contributed by atoms with E-state index in [4.69, 9.17) is 22.5 Å². The topological polar surface area (TPSA) is 17.1 Å². The standard InChI is InChI=1S/C4H7Cl2OP/c1-3-4(2)8(5,6)7/h3-4H,1H2,2H3. The van der Waals surface area contributed by atoms with Crippen LogP contribution in [0.1, 0.15) is 6.92 Å². The van der Waals surface area contributed by atoms with Crippen molar-refractivity contribution in [2.75, 3.05) is 0 Å². The highest BCUT2D eigenvalue weighted by molar-refractivity contribution is 8.09. The molecule has 0 spiro atoms. The van der Waals surface area contributed by atoms with Crippen LogP contribution in [-0.2, 0) is 4.57 Å². The van der Waals surface area contributed by atoms with Crippen molar-refractivity contribution in [2.24, 2.45) is 0 Å². The van der Waals surface area contributed by atoms with Crippen LogP contribution in [0.4, 0.5) is 0 Å². The molecule has 0 amide bonds. The van der Waals surface area contributed by atoms with Crippen LogP contribution in [-0.4, -0.2) is 5.66 Å². The Kier molecular flexibility index (Phi) is 3.11. The zero-order valence-corrected chi connectivity index (χ0v) is 6.88. The van der Waals surface area contributed by atoms with Crippen LogP contribution >= 0.6 is 28.3 Å². The highest BCUT2D eigenvalue weighted by atomic mass is 35.9. The maximum Gasteiger partial charge on any atom is 0.259 e. The minimum absolute atomic E-state index is 0.300. The minimum Gasteiger partial charge on any atom is -0.289 e. The van der Waals surface area contributed by atoms with Crippen LogP contribution in [0.3, 0.4) is 0 Å². The van der Waals surface area contributed by atoms with Crippen molar-refractivity contribution >= 4 is 28.3 Å². The molecule has 1 atom stereocenters. The molecule has 0 saturated heterocycles. The lowest BCUT2D eigenvalue weighted by molar-refractivity contribution is 0.590. The maximum atomic E-state index is 10.6. The summed E-state index contributed by atoms with van der Waals surface area (Å²) in [6.45, 7) is 5.05. The van der Waals surface area contributed by atoms with Crippen LogP contribution in [0.5, 0.6) is 0 Å². The van der Waals surface area contributed by atoms with Gasteiger partial charge < -0.3 is 0 Å². The lowest BCUT2D eigenvalue weighted by atomic mass is 10.5. The van der Waals surface area contributed by atoms with E-state index in [1.165, 1.54) is 6.08 Å². The van der Waals surface area contributed by atoms with Gasteiger partial charge in [0.1, 0.15) is 0 Å². The molecule has 0 aromatic heterocycles. The van der Waals surface area contributed by atoms with Crippen molar-refractivity contribution in [3.05, 3.63) is 12.7 Å². The number of allylic oxidation sites excluding steroid dienone is 1. The van der Waals surface area contributed by atoms with Gasteiger partial charge in [-0.3, -0.25) is 4.57 Å². The molecule has 0 fully saturated rings. The first kappa shape index (κ1) is 8.55. The average Bonchev–Trinajstić information content (AvgIpc) is 1.62. The van der Waals surface area contributed by atoms with Gasteiger partial charge >= 0.3 is 0 Å². The number of rotatable bonds is 2. The van der Waals surface area contributed by atoms with Gasteiger partial charge in [-0.15, -0.1) is 6.58 Å². The van der Waals surface area contributed by atoms with E-state index in [1.807, 2.05) is 0 Å². The summed E-state index contributed by atoms with van der Waals surface area (Å²) < 4.78 is 10.6. The fourth-order valence-electron chi connectivity index (χ4n) is 0.123. The molecular formula is C4H7Cl2OP. The van der Waals surface area contributed by atoms with Crippen molar-refractivity contribution in [1.82, 2.24) is 0 Å². The van der Waals surface area contributed by atoms with Crippen molar-refractivity contribution in [3.8, 4) is 0 Å². The smallest absolute Gasteiger partial charge is 0.259 e. The van der Waals surface area contributed by atoms with E-state index < -0.39 is 5.85 Å². The molecule has 0 aromatic carbocycles. The van der Waals surface area contributed by atoms with Gasteiger partial charge in [-0.2, -0.15) is 0 Å². The molecule has 0 aliphatic heterocycles. The number of hydrogen-bond donors (Lipinski definition) is 0. The number of halogens is 2. The van der Waals surface area contributed by atoms with E-state index in [0.717, 1.165) is 0 Å². The van der Waals surface area contributed by atoms with Crippen molar-refractivity contribution in [1.29, 1.82) is 0 Å². The Morgan fingerprint density at radius 3 is 2.12 bits per heavy atom. The Morgan fingerprint density at radius 2 is 2.12 bits per heavy atom. The Labute approximate surface area is 58.6 Å². The average molecular weight is 173 g/mol. The van der Waals surface area contributed by atoms with Crippen molar-refractivity contribution in [2.45, 2.75) is 12.6 Å². The predicted octanol–water partition coefficient (Wildman–Crippen LogP) is 3.23. The molecule has 0 rings (SSSR count). The summed E-state index contributed by atoms with van der Waals surface area (Å²) >= 11 is 10.5. The van der Waals surface area contributed by atoms with Gasteiger partial charge in [0.05, 0.1) is 5.66 Å². The zero-order chi connectivity index (χ0) is 6.78. The summed E-state index contributed by atoms with van der Waals surface area (Å²) in [6, 6.07) is 0. The summed E-state index contributed by atoms with van der Waals surface area (Å²) in [5.41, 5.74) is -0.300. The van der Waals surface area contributed by atoms with Gasteiger partial charge in [-0.25, -0.2) is 0 Å². The van der Waals surface area contributed by atoms with Crippen molar-refractivity contribution < 1.29 is 4.57 Å². The van der Waals surface area contributed by atoms with Crippen LogP contribution in [0, 0.1) is 0 Å². The van der Waals surface area contributed by atoms with Crippen LogP contribution < -0.4 is 0 Å². The van der Waals surface area contributed by atoms with Gasteiger partial charge in [0.25, 0.3) is 5.85 Å². The SMILES string of the molecule is C=CC(C)P(=O)(Cl)Cl. The molecule has 0 saturated carbocycles. The van der Waals surface area contributed by atoms with E-state index >= 15 is 0 Å². The first-order chi connectivity index (χ1) is 3.48. The molecular weight excluding hydrogens is 166 g/mol. The molecule has 0 heterocycles. The van der Waals surface area contributed by atoms with Gasteiger partial charge in [-0.05, 0) is 29.4 Å². The Morgan fingerprint density at radius 1 is 1.75 bits per heavy atom. The second kappa shape index (κ2) is 2.91. The monoisotopic (exact) mass is 172 g/mol. The highest BCUT2D eigenvalue weighted by Crippen LogP contribution is 2.60. The molecule has 0 N–H and O–H groups in total. The van der Waals surface area contributed by atoms with E-state index in [0.29, 0.717) is 0 Å². The lowest BCUT2D eigenvalue weighted by Crippen LogP contribution is -1.87. The Bertz CT molecular complexity index is 128. The molecule has 0 radical (unpaired) electrons. The Balaban J connectivity index is 4.02. The summed E-state index contributed by atoms with van der Waals surface area (Å²) in [7, 11) is 0. The van der Waals surface area contributed by atoms with Gasteiger partial charge in [0, 0.05) is 0 Å². The second-order valence-electron chi connectivity index (χ2n) is 1.48. The maximum absolute atomic E-state index is 10.6. The third kappa shape index (κ3) is 2.76. The predicted molar refractivity (Wildman–Crippen MR) is 39.0 cm³/mol. The molecule has 8 heavy (non-hydrogen) atoms. The Hall–Kier alpha value is 0.550. The molecule has 4 heteroatoms. The summed E-state index contributed by atoms with van der Waals surface area (Å²) in [5.74, 6) is -2.93. The van der Waals surface area contributed by atoms with Gasteiger partial charge in [-0.1, -0.05) is 6.08 Å². The van der Waals surface area contributed by atoms with Gasteiger partial charge in [0.2, 0.25) is 0 Å². The lowest BCUT2D eigenvalue weighted by Gasteiger charge is -2.03. The van der Waals surface area contributed by atoms with E-state index in [9.17, 15) is 4.57 Å². The number of hydrogen-bond acceptors (Lipinski definition) is 1. The molecule has 0 bridgehead atoms. The third-order valence-electron chi connectivity index (χ3n) is 0.815. The molecule has 1 unspecified atom stereocenters. The fourth-order valence-corrected chi connectivity index (χ4v) is 0.846. The molecule has 0 aliphatic carbocycles.